The topological polar surface area (TPSA) is 75.4 Å². The number of carbonyl (C=O) groups is 2. The Bertz CT molecular complexity index is 307. The van der Waals surface area contributed by atoms with Crippen LogP contribution in [0.1, 0.15) is 45.4 Å². The number of nitrogens with one attached hydrogen (secondary N) is 1. The number of nitrogens with two attached hydrogens (primary N) is 1. The molecule has 0 heterocycles. The molecule has 0 radical (unpaired) electrons. The third-order valence-corrected chi connectivity index (χ3v) is 3.77. The molecule has 0 aliphatic heterocycles. The summed E-state index contributed by atoms with van der Waals surface area (Å²) in [6.45, 7) is 2.61. The van der Waals surface area contributed by atoms with Crippen LogP contribution >= 0.6 is 0 Å². The van der Waals surface area contributed by atoms with E-state index in [1.54, 1.807) is 7.05 Å². The molecule has 1 aliphatic rings. The maximum Gasteiger partial charge on any atom is 0.239 e. The van der Waals surface area contributed by atoms with Crippen LogP contribution in [0.4, 0.5) is 0 Å². The molecule has 110 valence electrons. The summed E-state index contributed by atoms with van der Waals surface area (Å²) in [6.07, 6.45) is 5.92. The minimum Gasteiger partial charge on any atom is -0.355 e. The van der Waals surface area contributed by atoms with Gasteiger partial charge in [-0.15, -0.1) is 0 Å². The maximum absolute atomic E-state index is 11.9. The first kappa shape index (κ1) is 16.0. The van der Waals surface area contributed by atoms with Crippen LogP contribution in [0.2, 0.25) is 0 Å². The van der Waals surface area contributed by atoms with E-state index in [2.05, 4.69) is 5.32 Å². The Morgan fingerprint density at radius 1 is 1.37 bits per heavy atom. The highest BCUT2D eigenvalue weighted by molar-refractivity contribution is 5.84. The second-order valence-corrected chi connectivity index (χ2v) is 5.53. The van der Waals surface area contributed by atoms with Gasteiger partial charge in [0.2, 0.25) is 11.8 Å². The molecule has 2 amide bonds. The van der Waals surface area contributed by atoms with Gasteiger partial charge in [-0.25, -0.2) is 0 Å². The van der Waals surface area contributed by atoms with Gasteiger partial charge >= 0.3 is 0 Å². The molecule has 0 aromatic rings. The standard InChI is InChI=1S/C14H27N3O2/c1-3-16-13(18)10-17(2)14(19)8-7-11-5-4-6-12(15)9-11/h11-12H,3-10,15H2,1-2H3,(H,16,18). The van der Waals surface area contributed by atoms with Gasteiger partial charge in [-0.3, -0.25) is 9.59 Å². The Morgan fingerprint density at radius 3 is 2.74 bits per heavy atom. The number of likely N-dealkylation sites (N-methyl/N-ethyl adjacent to an activating group) is 2. The lowest BCUT2D eigenvalue weighted by atomic mass is 9.83. The molecular formula is C14H27N3O2. The summed E-state index contributed by atoms with van der Waals surface area (Å²) in [5, 5.41) is 2.69. The van der Waals surface area contributed by atoms with Crippen LogP contribution in [-0.4, -0.2) is 42.9 Å². The van der Waals surface area contributed by atoms with Crippen LogP contribution in [0, 0.1) is 5.92 Å². The first-order valence-electron chi connectivity index (χ1n) is 7.29. The summed E-state index contributed by atoms with van der Waals surface area (Å²) in [4.78, 5) is 24.8. The van der Waals surface area contributed by atoms with Crippen molar-refractivity contribution in [2.75, 3.05) is 20.1 Å². The highest BCUT2D eigenvalue weighted by atomic mass is 16.2. The summed E-state index contributed by atoms with van der Waals surface area (Å²) in [7, 11) is 1.68. The van der Waals surface area contributed by atoms with Gasteiger partial charge in [-0.1, -0.05) is 12.8 Å². The summed E-state index contributed by atoms with van der Waals surface area (Å²) in [5.74, 6) is 0.522. The molecule has 0 aromatic heterocycles. The maximum atomic E-state index is 11.9. The monoisotopic (exact) mass is 269 g/mol. The van der Waals surface area contributed by atoms with Gasteiger partial charge in [0.25, 0.3) is 0 Å². The van der Waals surface area contributed by atoms with Gasteiger partial charge < -0.3 is 16.0 Å². The second kappa shape index (κ2) is 8.15. The predicted molar refractivity (Wildman–Crippen MR) is 75.5 cm³/mol. The molecule has 5 nitrogen and oxygen atoms in total. The number of carbonyl (C=O) groups excluding carboxylic acids is 2. The number of rotatable bonds is 6. The van der Waals surface area contributed by atoms with Crippen LogP contribution < -0.4 is 11.1 Å². The predicted octanol–water partition coefficient (Wildman–Crippen LogP) is 0.879. The van der Waals surface area contributed by atoms with Crippen LogP contribution in [0.25, 0.3) is 0 Å². The Balaban J connectivity index is 2.24. The minimum absolute atomic E-state index is 0.0467. The first-order chi connectivity index (χ1) is 9.02. The Kier molecular flexibility index (Phi) is 6.84. The first-order valence-corrected chi connectivity index (χ1v) is 7.29. The SMILES string of the molecule is CCNC(=O)CN(C)C(=O)CCC1CCCC(N)C1. The summed E-state index contributed by atoms with van der Waals surface area (Å²) in [5.41, 5.74) is 5.94. The number of nitrogens with zero attached hydrogens (tertiary/aromatic N) is 1. The van der Waals surface area contributed by atoms with Crippen LogP contribution in [-0.2, 0) is 9.59 Å². The number of hydrogen-bond donors (Lipinski definition) is 2. The molecule has 1 saturated carbocycles. The lowest BCUT2D eigenvalue weighted by Gasteiger charge is -2.27. The van der Waals surface area contributed by atoms with Crippen molar-refractivity contribution < 1.29 is 9.59 Å². The van der Waals surface area contributed by atoms with Crippen molar-refractivity contribution in [1.29, 1.82) is 0 Å². The molecule has 19 heavy (non-hydrogen) atoms. The van der Waals surface area contributed by atoms with E-state index in [4.69, 9.17) is 5.73 Å². The lowest BCUT2D eigenvalue weighted by molar-refractivity contribution is -0.135. The van der Waals surface area contributed by atoms with Crippen LogP contribution in [0.5, 0.6) is 0 Å². The Hall–Kier alpha value is -1.10. The van der Waals surface area contributed by atoms with Gasteiger partial charge in [0.1, 0.15) is 0 Å². The van der Waals surface area contributed by atoms with Gasteiger partial charge in [-0.05, 0) is 32.1 Å². The molecule has 0 saturated heterocycles. The average molecular weight is 269 g/mol. The third-order valence-electron chi connectivity index (χ3n) is 3.77. The summed E-state index contributed by atoms with van der Waals surface area (Å²) < 4.78 is 0. The molecule has 1 rings (SSSR count). The third kappa shape index (κ3) is 6.05. The van der Waals surface area contributed by atoms with E-state index in [9.17, 15) is 9.59 Å². The zero-order valence-corrected chi connectivity index (χ0v) is 12.2. The lowest BCUT2D eigenvalue weighted by Crippen LogP contribution is -2.38. The highest BCUT2D eigenvalue weighted by Crippen LogP contribution is 2.26. The van der Waals surface area contributed by atoms with Crippen molar-refractivity contribution in [2.45, 2.75) is 51.5 Å². The van der Waals surface area contributed by atoms with Crippen molar-refractivity contribution in [3.8, 4) is 0 Å². The van der Waals surface area contributed by atoms with E-state index in [0.717, 1.165) is 19.3 Å². The molecule has 0 spiro atoms. The molecule has 3 N–H and O–H groups in total. The molecule has 2 atom stereocenters. The fraction of sp³-hybridized carbons (Fsp3) is 0.857. The van der Waals surface area contributed by atoms with E-state index < -0.39 is 0 Å². The Morgan fingerprint density at radius 2 is 2.11 bits per heavy atom. The fourth-order valence-corrected chi connectivity index (χ4v) is 2.67. The summed E-state index contributed by atoms with van der Waals surface area (Å²) >= 11 is 0. The van der Waals surface area contributed by atoms with E-state index in [0.29, 0.717) is 24.9 Å². The number of hydrogen-bond acceptors (Lipinski definition) is 3. The van der Waals surface area contributed by atoms with E-state index in [-0.39, 0.29) is 18.4 Å². The van der Waals surface area contributed by atoms with Gasteiger partial charge in [-0.2, -0.15) is 0 Å². The fourth-order valence-electron chi connectivity index (χ4n) is 2.67. The molecule has 0 bridgehead atoms. The minimum atomic E-state index is -0.0990. The molecule has 2 unspecified atom stereocenters. The van der Waals surface area contributed by atoms with E-state index in [1.165, 1.54) is 17.7 Å². The van der Waals surface area contributed by atoms with Crippen molar-refractivity contribution >= 4 is 11.8 Å². The average Bonchev–Trinajstić information content (AvgIpc) is 2.36. The summed E-state index contributed by atoms with van der Waals surface area (Å²) in [6, 6.07) is 0.307. The van der Waals surface area contributed by atoms with Gasteiger partial charge in [0.05, 0.1) is 6.54 Å². The molecule has 1 aliphatic carbocycles. The van der Waals surface area contributed by atoms with Gasteiger partial charge in [0.15, 0.2) is 0 Å². The van der Waals surface area contributed by atoms with Crippen LogP contribution in [0.15, 0.2) is 0 Å². The van der Waals surface area contributed by atoms with Crippen molar-refractivity contribution in [2.24, 2.45) is 11.7 Å². The normalized spacial score (nSPS) is 22.9. The van der Waals surface area contributed by atoms with Crippen molar-refractivity contribution in [3.05, 3.63) is 0 Å². The van der Waals surface area contributed by atoms with Crippen LogP contribution in [0.3, 0.4) is 0 Å². The van der Waals surface area contributed by atoms with E-state index in [1.807, 2.05) is 6.92 Å². The van der Waals surface area contributed by atoms with Crippen molar-refractivity contribution in [3.63, 3.8) is 0 Å². The smallest absolute Gasteiger partial charge is 0.239 e. The number of amides is 2. The van der Waals surface area contributed by atoms with Gasteiger partial charge in [0, 0.05) is 26.1 Å². The molecule has 0 aromatic carbocycles. The highest BCUT2D eigenvalue weighted by Gasteiger charge is 2.21. The zero-order valence-electron chi connectivity index (χ0n) is 12.2. The molecule has 1 fully saturated rings. The quantitative estimate of drug-likeness (QED) is 0.751. The second-order valence-electron chi connectivity index (χ2n) is 5.53. The van der Waals surface area contributed by atoms with Crippen molar-refractivity contribution in [1.82, 2.24) is 10.2 Å². The molecule has 5 heteroatoms. The molecular weight excluding hydrogens is 242 g/mol. The largest absolute Gasteiger partial charge is 0.355 e. The van der Waals surface area contributed by atoms with E-state index >= 15 is 0 Å². The zero-order chi connectivity index (χ0) is 14.3. The Labute approximate surface area is 115 Å².